The van der Waals surface area contributed by atoms with Crippen molar-refractivity contribution < 1.29 is 14.3 Å². The molecule has 0 bridgehead atoms. The largest absolute Gasteiger partial charge is 0.477 e. The molecule has 6 nitrogen and oxygen atoms in total. The Morgan fingerprint density at radius 2 is 2.18 bits per heavy atom. The molecule has 1 aromatic carbocycles. The number of carboxylic acid groups (broad SMARTS) is 1. The first kappa shape index (κ1) is 14.2. The van der Waals surface area contributed by atoms with Crippen molar-refractivity contribution >= 4 is 44.7 Å². The fourth-order valence-corrected chi connectivity index (χ4v) is 2.97. The van der Waals surface area contributed by atoms with Gasteiger partial charge in [0, 0.05) is 5.69 Å². The number of rotatable bonds is 3. The topological polar surface area (TPSA) is 101 Å². The van der Waals surface area contributed by atoms with Gasteiger partial charge in [-0.05, 0) is 30.7 Å². The molecule has 0 saturated carbocycles. The highest BCUT2D eigenvalue weighted by atomic mass is 32.1. The van der Waals surface area contributed by atoms with Gasteiger partial charge in [-0.2, -0.15) is 0 Å². The van der Waals surface area contributed by atoms with Crippen molar-refractivity contribution in [2.45, 2.75) is 6.92 Å². The minimum atomic E-state index is -1.11. The van der Waals surface area contributed by atoms with Gasteiger partial charge in [0.2, 0.25) is 0 Å². The summed E-state index contributed by atoms with van der Waals surface area (Å²) in [7, 11) is 0. The summed E-state index contributed by atoms with van der Waals surface area (Å²) in [4.78, 5) is 19.8. The number of hydrogen-bond acceptors (Lipinski definition) is 6. The number of benzene rings is 1. The van der Waals surface area contributed by atoms with Crippen LogP contribution in [0.4, 0.5) is 21.6 Å². The fraction of sp³-hybridized carbons (Fsp3) is 0.0714. The van der Waals surface area contributed by atoms with Gasteiger partial charge in [-0.1, -0.05) is 0 Å². The van der Waals surface area contributed by atoms with Crippen LogP contribution < -0.4 is 11.1 Å². The molecular weight excluding hydrogens is 307 g/mol. The Bertz CT molecular complexity index is 894. The van der Waals surface area contributed by atoms with Crippen LogP contribution in [0.5, 0.6) is 0 Å². The van der Waals surface area contributed by atoms with Gasteiger partial charge in [-0.25, -0.2) is 19.2 Å². The Hall–Kier alpha value is -2.74. The van der Waals surface area contributed by atoms with Crippen molar-refractivity contribution in [2.75, 3.05) is 11.1 Å². The Morgan fingerprint density at radius 1 is 1.41 bits per heavy atom. The average Bonchev–Trinajstić information content (AvgIpc) is 2.81. The second kappa shape index (κ2) is 5.23. The molecule has 0 unspecified atom stereocenters. The Balaban J connectivity index is 2.10. The van der Waals surface area contributed by atoms with Crippen molar-refractivity contribution in [3.63, 3.8) is 0 Å². The van der Waals surface area contributed by atoms with E-state index in [1.54, 1.807) is 19.1 Å². The van der Waals surface area contributed by atoms with Crippen molar-refractivity contribution in [3.8, 4) is 0 Å². The zero-order valence-corrected chi connectivity index (χ0v) is 12.2. The van der Waals surface area contributed by atoms with E-state index in [9.17, 15) is 9.18 Å². The van der Waals surface area contributed by atoms with Crippen molar-refractivity contribution in [3.05, 3.63) is 40.8 Å². The van der Waals surface area contributed by atoms with E-state index in [4.69, 9.17) is 10.8 Å². The van der Waals surface area contributed by atoms with E-state index in [1.807, 2.05) is 0 Å². The van der Waals surface area contributed by atoms with Gasteiger partial charge >= 0.3 is 5.97 Å². The zero-order chi connectivity index (χ0) is 15.9. The Labute approximate surface area is 128 Å². The number of nitrogens with one attached hydrogen (secondary N) is 1. The third-order valence-electron chi connectivity index (χ3n) is 3.14. The number of thiophene rings is 1. The maximum absolute atomic E-state index is 13.3. The third-order valence-corrected chi connectivity index (χ3v) is 4.24. The van der Waals surface area contributed by atoms with E-state index >= 15 is 0 Å². The second-order valence-corrected chi connectivity index (χ2v) is 5.64. The van der Waals surface area contributed by atoms with Gasteiger partial charge < -0.3 is 16.2 Å². The van der Waals surface area contributed by atoms with E-state index in [-0.39, 0.29) is 16.4 Å². The molecule has 0 aliphatic heterocycles. The SMILES string of the molecule is Cc1cc(Nc2ncnc3sc(C(=O)O)c(N)c23)ccc1F. The molecule has 3 rings (SSSR count). The molecule has 112 valence electrons. The summed E-state index contributed by atoms with van der Waals surface area (Å²) in [6, 6.07) is 4.54. The van der Waals surface area contributed by atoms with E-state index in [0.29, 0.717) is 27.3 Å². The van der Waals surface area contributed by atoms with Crippen LogP contribution in [0.2, 0.25) is 0 Å². The minimum absolute atomic E-state index is 0.0221. The monoisotopic (exact) mass is 318 g/mol. The van der Waals surface area contributed by atoms with Gasteiger partial charge in [0.1, 0.15) is 27.7 Å². The molecule has 3 aromatic rings. The van der Waals surface area contributed by atoms with E-state index < -0.39 is 5.97 Å². The summed E-state index contributed by atoms with van der Waals surface area (Å²) in [5.41, 5.74) is 7.13. The van der Waals surface area contributed by atoms with Crippen LogP contribution in [0.1, 0.15) is 15.2 Å². The molecule has 0 saturated heterocycles. The number of nitrogens with two attached hydrogens (primary N) is 1. The van der Waals surface area contributed by atoms with Crippen LogP contribution in [0.3, 0.4) is 0 Å². The number of aromatic carboxylic acids is 1. The number of nitrogen functional groups attached to an aromatic ring is 1. The van der Waals surface area contributed by atoms with Gasteiger partial charge in [-0.15, -0.1) is 11.3 Å². The van der Waals surface area contributed by atoms with Gasteiger partial charge in [0.15, 0.2) is 0 Å². The third kappa shape index (κ3) is 2.33. The first-order valence-electron chi connectivity index (χ1n) is 6.27. The molecule has 8 heteroatoms. The quantitative estimate of drug-likeness (QED) is 0.685. The van der Waals surface area contributed by atoms with Crippen molar-refractivity contribution in [1.29, 1.82) is 0 Å². The van der Waals surface area contributed by atoms with Gasteiger partial charge in [-0.3, -0.25) is 0 Å². The number of nitrogens with zero attached hydrogens (tertiary/aromatic N) is 2. The lowest BCUT2D eigenvalue weighted by atomic mass is 10.2. The van der Waals surface area contributed by atoms with E-state index in [0.717, 1.165) is 11.3 Å². The van der Waals surface area contributed by atoms with E-state index in [2.05, 4.69) is 15.3 Å². The molecule has 4 N–H and O–H groups in total. The lowest BCUT2D eigenvalue weighted by Crippen LogP contribution is -2.00. The number of fused-ring (bicyclic) bond motifs is 1. The van der Waals surface area contributed by atoms with Crippen LogP contribution in [0.25, 0.3) is 10.2 Å². The molecule has 2 heterocycles. The molecule has 22 heavy (non-hydrogen) atoms. The Morgan fingerprint density at radius 3 is 2.86 bits per heavy atom. The summed E-state index contributed by atoms with van der Waals surface area (Å²) in [5, 5.41) is 12.6. The number of aryl methyl sites for hydroxylation is 1. The maximum atomic E-state index is 13.3. The van der Waals surface area contributed by atoms with Crippen LogP contribution in [-0.2, 0) is 0 Å². The molecule has 0 aliphatic rings. The van der Waals surface area contributed by atoms with Crippen LogP contribution in [0.15, 0.2) is 24.5 Å². The summed E-state index contributed by atoms with van der Waals surface area (Å²) in [6.07, 6.45) is 1.32. The second-order valence-electron chi connectivity index (χ2n) is 4.64. The minimum Gasteiger partial charge on any atom is -0.477 e. The highest BCUT2D eigenvalue weighted by molar-refractivity contribution is 7.21. The Kier molecular flexibility index (Phi) is 3.38. The summed E-state index contributed by atoms with van der Waals surface area (Å²) in [5.74, 6) is -1.03. The van der Waals surface area contributed by atoms with Gasteiger partial charge in [0.05, 0.1) is 11.1 Å². The number of carboxylic acids is 1. The summed E-state index contributed by atoms with van der Waals surface area (Å²) < 4.78 is 13.3. The maximum Gasteiger partial charge on any atom is 0.348 e. The molecule has 0 radical (unpaired) electrons. The predicted molar refractivity (Wildman–Crippen MR) is 83.2 cm³/mol. The van der Waals surface area contributed by atoms with Gasteiger partial charge in [0.25, 0.3) is 0 Å². The number of hydrogen-bond donors (Lipinski definition) is 3. The fourth-order valence-electron chi connectivity index (χ4n) is 2.07. The number of halogens is 1. The number of aromatic nitrogens is 2. The van der Waals surface area contributed by atoms with Crippen LogP contribution >= 0.6 is 11.3 Å². The molecule has 0 fully saturated rings. The summed E-state index contributed by atoms with van der Waals surface area (Å²) in [6.45, 7) is 1.65. The van der Waals surface area contributed by atoms with Crippen molar-refractivity contribution in [2.24, 2.45) is 0 Å². The molecule has 0 amide bonds. The molecule has 0 atom stereocenters. The number of carbonyl (C=O) groups is 1. The molecular formula is C14H11FN4O2S. The smallest absolute Gasteiger partial charge is 0.348 e. The highest BCUT2D eigenvalue weighted by Crippen LogP contribution is 2.36. The zero-order valence-electron chi connectivity index (χ0n) is 11.4. The first-order valence-corrected chi connectivity index (χ1v) is 7.08. The number of anilines is 3. The lowest BCUT2D eigenvalue weighted by Gasteiger charge is -2.08. The molecule has 0 aliphatic carbocycles. The normalized spacial score (nSPS) is 10.8. The molecule has 2 aromatic heterocycles. The average molecular weight is 318 g/mol. The highest BCUT2D eigenvalue weighted by Gasteiger charge is 2.19. The molecule has 0 spiro atoms. The van der Waals surface area contributed by atoms with Crippen LogP contribution in [0, 0.1) is 12.7 Å². The predicted octanol–water partition coefficient (Wildman–Crippen LogP) is 3.16. The summed E-state index contributed by atoms with van der Waals surface area (Å²) >= 11 is 0.987. The standard InChI is InChI=1S/C14H11FN4O2S/c1-6-4-7(2-3-8(6)15)19-12-9-10(16)11(14(20)21)22-13(9)18-5-17-12/h2-5H,16H2,1H3,(H,20,21)(H,17,18,19). The van der Waals surface area contributed by atoms with E-state index in [1.165, 1.54) is 12.4 Å². The van der Waals surface area contributed by atoms with Crippen LogP contribution in [-0.4, -0.2) is 21.0 Å². The van der Waals surface area contributed by atoms with Crippen molar-refractivity contribution in [1.82, 2.24) is 9.97 Å². The lowest BCUT2D eigenvalue weighted by molar-refractivity contribution is 0.0703. The first-order chi connectivity index (χ1) is 10.5.